The van der Waals surface area contributed by atoms with Gasteiger partial charge in [-0.3, -0.25) is 4.79 Å². The van der Waals surface area contributed by atoms with E-state index >= 15 is 0 Å². The Kier molecular flexibility index (Phi) is 3.74. The number of rotatable bonds is 5. The van der Waals surface area contributed by atoms with Crippen LogP contribution in [0.15, 0.2) is 0 Å². The van der Waals surface area contributed by atoms with Crippen molar-refractivity contribution < 1.29 is 24.7 Å². The van der Waals surface area contributed by atoms with E-state index in [1.807, 2.05) is 0 Å². The maximum absolute atomic E-state index is 12.4. The van der Waals surface area contributed by atoms with Crippen LogP contribution in [0.4, 0.5) is 0 Å². The van der Waals surface area contributed by atoms with Crippen LogP contribution in [0.5, 0.6) is 0 Å². The monoisotopic (exact) mass is 324 g/mol. The highest BCUT2D eigenvalue weighted by Crippen LogP contribution is 2.70. The normalized spacial score (nSPS) is 50.7. The minimum Gasteiger partial charge on any atom is -0.462 e. The second-order valence-corrected chi connectivity index (χ2v) is 8.44. The summed E-state index contributed by atoms with van der Waals surface area (Å²) in [6.45, 7) is 6.52. The van der Waals surface area contributed by atoms with E-state index in [9.17, 15) is 4.79 Å². The molecule has 0 aromatic heterocycles. The number of aliphatic hydroxyl groups excluding tert-OH is 1. The number of nitrogens with two attached hydrogens (primary N) is 1. The first-order valence-electron chi connectivity index (χ1n) is 9.34. The molecule has 7 atom stereocenters. The zero-order chi connectivity index (χ0) is 16.2. The molecule has 0 aromatic rings. The first-order valence-corrected chi connectivity index (χ1v) is 9.34. The molecule has 5 nitrogen and oxygen atoms in total. The van der Waals surface area contributed by atoms with Crippen LogP contribution in [0, 0.1) is 23.2 Å². The Bertz CT molecular complexity index is 497. The third-order valence-corrected chi connectivity index (χ3v) is 7.18. The molecule has 23 heavy (non-hydrogen) atoms. The molecular formula is C18H30NO4+. The molecule has 0 unspecified atom stereocenters. The molecule has 2 aliphatic carbocycles. The first-order chi connectivity index (χ1) is 11.0. The van der Waals surface area contributed by atoms with Gasteiger partial charge in [0.05, 0.1) is 19.2 Å². The molecule has 3 N–H and O–H groups in total. The molecule has 2 aliphatic heterocycles. The molecule has 4 aliphatic rings. The highest BCUT2D eigenvalue weighted by molar-refractivity contribution is 5.76. The van der Waals surface area contributed by atoms with Gasteiger partial charge in [0.1, 0.15) is 17.6 Å². The Morgan fingerprint density at radius 1 is 1.43 bits per heavy atom. The van der Waals surface area contributed by atoms with Gasteiger partial charge in [0, 0.05) is 24.4 Å². The second-order valence-electron chi connectivity index (χ2n) is 8.44. The van der Waals surface area contributed by atoms with Crippen LogP contribution < -0.4 is 5.32 Å². The van der Waals surface area contributed by atoms with Crippen LogP contribution in [0.2, 0.25) is 0 Å². The minimum atomic E-state index is -0.0401. The Hall–Kier alpha value is -0.650. The van der Waals surface area contributed by atoms with Gasteiger partial charge in [-0.05, 0) is 25.2 Å². The molecule has 2 heterocycles. The Morgan fingerprint density at radius 2 is 2.26 bits per heavy atom. The molecule has 1 spiro atoms. The van der Waals surface area contributed by atoms with Gasteiger partial charge in [-0.15, -0.1) is 0 Å². The van der Waals surface area contributed by atoms with Crippen LogP contribution in [-0.2, 0) is 14.3 Å². The molecule has 0 amide bonds. The predicted octanol–water partition coefficient (Wildman–Crippen LogP) is 0.458. The molecule has 0 aromatic carbocycles. The fourth-order valence-electron chi connectivity index (χ4n) is 6.03. The maximum Gasteiger partial charge on any atom is 0.315 e. The van der Waals surface area contributed by atoms with Crippen molar-refractivity contribution in [3.05, 3.63) is 0 Å². The summed E-state index contributed by atoms with van der Waals surface area (Å²) in [7, 11) is 0. The Balaban J connectivity index is 1.52. The summed E-state index contributed by atoms with van der Waals surface area (Å²) in [4.78, 5) is 12.4. The molecule has 2 saturated heterocycles. The standard InChI is InChI=1S/C18H29NO4/c1-11-5-3-6-17(2)9-13-14(15-18(11,17)23-15)12(16(21)22-13)10-19-7-4-8-20/h11-15,19-20H,3-10H2,1-2H3/p+1/t11-,12+,13+,14+,15-,17+,18-/m0/s1. The maximum atomic E-state index is 12.4. The number of esters is 1. The van der Waals surface area contributed by atoms with Crippen molar-refractivity contribution >= 4 is 5.97 Å². The summed E-state index contributed by atoms with van der Waals surface area (Å²) in [5.41, 5.74) is 0.177. The lowest BCUT2D eigenvalue weighted by atomic mass is 9.53. The Labute approximate surface area is 138 Å². The lowest BCUT2D eigenvalue weighted by molar-refractivity contribution is -0.659. The molecule has 130 valence electrons. The summed E-state index contributed by atoms with van der Waals surface area (Å²) in [6, 6.07) is 0. The van der Waals surface area contributed by atoms with Gasteiger partial charge in [0.2, 0.25) is 0 Å². The number of ether oxygens (including phenoxy) is 2. The molecule has 2 saturated carbocycles. The van der Waals surface area contributed by atoms with Crippen molar-refractivity contribution in [2.24, 2.45) is 23.2 Å². The molecular weight excluding hydrogens is 294 g/mol. The first kappa shape index (κ1) is 15.9. The van der Waals surface area contributed by atoms with E-state index in [1.54, 1.807) is 0 Å². The number of quaternary nitrogens is 1. The van der Waals surface area contributed by atoms with Gasteiger partial charge >= 0.3 is 5.97 Å². The highest BCUT2D eigenvalue weighted by atomic mass is 16.6. The average molecular weight is 324 g/mol. The van der Waals surface area contributed by atoms with Crippen molar-refractivity contribution in [2.45, 2.75) is 63.8 Å². The SMILES string of the molecule is C[C@H]1CCC[C@]2(C)C[C@H]3OC(=O)[C@H](C[NH2+]CCCO)[C@H]3[C@@H]3O[C@@]132. The quantitative estimate of drug-likeness (QED) is 0.438. The predicted molar refractivity (Wildman–Crippen MR) is 83.6 cm³/mol. The number of aliphatic hydroxyl groups is 1. The fraction of sp³-hybridized carbons (Fsp3) is 0.944. The van der Waals surface area contributed by atoms with E-state index in [-0.39, 0.29) is 47.6 Å². The average Bonchev–Trinajstić information content (AvgIpc) is 3.18. The number of hydrogen-bond donors (Lipinski definition) is 2. The van der Waals surface area contributed by atoms with E-state index < -0.39 is 0 Å². The zero-order valence-corrected chi connectivity index (χ0v) is 14.3. The lowest BCUT2D eigenvalue weighted by Gasteiger charge is -2.48. The third kappa shape index (κ3) is 2.12. The van der Waals surface area contributed by atoms with Crippen LogP contribution in [-0.4, -0.2) is 48.6 Å². The molecule has 4 fully saturated rings. The van der Waals surface area contributed by atoms with Gasteiger partial charge in [-0.1, -0.05) is 20.3 Å². The van der Waals surface area contributed by atoms with Gasteiger partial charge in [-0.2, -0.15) is 0 Å². The van der Waals surface area contributed by atoms with E-state index in [0.717, 1.165) is 25.9 Å². The Morgan fingerprint density at radius 3 is 3.04 bits per heavy atom. The van der Waals surface area contributed by atoms with Crippen molar-refractivity contribution in [1.82, 2.24) is 0 Å². The summed E-state index contributed by atoms with van der Waals surface area (Å²) in [5, 5.41) is 11.1. The smallest absolute Gasteiger partial charge is 0.315 e. The number of epoxide rings is 1. The van der Waals surface area contributed by atoms with Crippen LogP contribution >= 0.6 is 0 Å². The van der Waals surface area contributed by atoms with Crippen LogP contribution in [0.3, 0.4) is 0 Å². The number of carbonyl (C=O) groups is 1. The zero-order valence-electron chi connectivity index (χ0n) is 14.3. The van der Waals surface area contributed by atoms with Crippen LogP contribution in [0.25, 0.3) is 0 Å². The van der Waals surface area contributed by atoms with E-state index in [0.29, 0.717) is 5.92 Å². The van der Waals surface area contributed by atoms with Gasteiger partial charge in [-0.25, -0.2) is 0 Å². The number of hydrogen-bond acceptors (Lipinski definition) is 4. The highest BCUT2D eigenvalue weighted by Gasteiger charge is 2.78. The molecule has 0 radical (unpaired) electrons. The summed E-state index contributed by atoms with van der Waals surface area (Å²) in [6.07, 6.45) is 5.71. The molecule has 5 heteroatoms. The van der Waals surface area contributed by atoms with Crippen molar-refractivity contribution in [3.8, 4) is 0 Å². The van der Waals surface area contributed by atoms with Crippen molar-refractivity contribution in [1.29, 1.82) is 0 Å². The molecule has 4 rings (SSSR count). The van der Waals surface area contributed by atoms with E-state index in [4.69, 9.17) is 14.6 Å². The summed E-state index contributed by atoms with van der Waals surface area (Å²) in [5.74, 6) is 0.756. The number of fused-ring (bicyclic) bond motifs is 2. The number of carbonyl (C=O) groups excluding carboxylic acids is 1. The minimum absolute atomic E-state index is 0.00372. The topological polar surface area (TPSA) is 75.7 Å². The summed E-state index contributed by atoms with van der Waals surface area (Å²) >= 11 is 0. The lowest BCUT2D eigenvalue weighted by Crippen LogP contribution is -2.86. The van der Waals surface area contributed by atoms with E-state index in [1.165, 1.54) is 19.3 Å². The largest absolute Gasteiger partial charge is 0.462 e. The van der Waals surface area contributed by atoms with Crippen molar-refractivity contribution in [3.63, 3.8) is 0 Å². The third-order valence-electron chi connectivity index (χ3n) is 7.18. The van der Waals surface area contributed by atoms with Crippen LogP contribution in [0.1, 0.15) is 46.0 Å². The fourth-order valence-corrected chi connectivity index (χ4v) is 6.03. The van der Waals surface area contributed by atoms with Gasteiger partial charge in [0.15, 0.2) is 0 Å². The van der Waals surface area contributed by atoms with E-state index in [2.05, 4.69) is 19.2 Å². The molecule has 0 bridgehead atoms. The van der Waals surface area contributed by atoms with Crippen molar-refractivity contribution in [2.75, 3.05) is 19.7 Å². The second kappa shape index (κ2) is 5.43. The van der Waals surface area contributed by atoms with Gasteiger partial charge in [0.25, 0.3) is 0 Å². The summed E-state index contributed by atoms with van der Waals surface area (Å²) < 4.78 is 12.2. The van der Waals surface area contributed by atoms with Gasteiger partial charge < -0.3 is 19.9 Å².